The van der Waals surface area contributed by atoms with Gasteiger partial charge in [-0.1, -0.05) is 17.7 Å². The number of rotatable bonds is 15. The minimum atomic E-state index is 0.812. The van der Waals surface area contributed by atoms with E-state index in [9.17, 15) is 0 Å². The van der Waals surface area contributed by atoms with Crippen molar-refractivity contribution in [2.75, 3.05) is 59.6 Å². The summed E-state index contributed by atoms with van der Waals surface area (Å²) < 4.78 is 16.5. The molecule has 2 saturated heterocycles. The van der Waals surface area contributed by atoms with E-state index in [4.69, 9.17) is 14.2 Å². The molecular weight excluding hydrogens is 460 g/mol. The molecule has 2 aliphatic heterocycles. The van der Waals surface area contributed by atoms with Crippen molar-refractivity contribution in [2.24, 2.45) is 0 Å². The topological polar surface area (TPSA) is 34.2 Å². The van der Waals surface area contributed by atoms with Gasteiger partial charge in [-0.2, -0.15) is 0 Å². The van der Waals surface area contributed by atoms with Crippen molar-refractivity contribution in [3.8, 4) is 17.2 Å². The summed E-state index contributed by atoms with van der Waals surface area (Å²) in [4.78, 5) is 5.16. The summed E-state index contributed by atoms with van der Waals surface area (Å²) in [6.45, 7) is 11.6. The molecule has 0 unspecified atom stereocenters. The van der Waals surface area contributed by atoms with E-state index in [2.05, 4.69) is 41.0 Å². The molecule has 0 N–H and O–H groups in total. The van der Waals surface area contributed by atoms with E-state index in [1.807, 2.05) is 24.3 Å². The fraction of sp³-hybridized carbons (Fsp3) is 0.625. The number of likely N-dealkylation sites (tertiary alicyclic amines) is 2. The Kier molecular flexibility index (Phi) is 14.3. The zero-order chi connectivity index (χ0) is 26.0. The predicted octanol–water partition coefficient (Wildman–Crippen LogP) is 6.98. The molecule has 0 bridgehead atoms. The summed E-state index contributed by atoms with van der Waals surface area (Å²) in [6, 6.07) is 16.1. The molecule has 2 fully saturated rings. The monoisotopic (exact) mass is 510 g/mol. The summed E-state index contributed by atoms with van der Waals surface area (Å²) in [5, 5.41) is 0. The van der Waals surface area contributed by atoms with Crippen LogP contribution in [0.15, 0.2) is 48.5 Å². The fourth-order valence-electron chi connectivity index (χ4n) is 4.93. The number of aryl methyl sites for hydroxylation is 1. The van der Waals surface area contributed by atoms with Gasteiger partial charge in [0.25, 0.3) is 0 Å². The van der Waals surface area contributed by atoms with Crippen LogP contribution in [0.25, 0.3) is 0 Å². The maximum Gasteiger partial charge on any atom is 0.119 e. The van der Waals surface area contributed by atoms with Gasteiger partial charge >= 0.3 is 0 Å². The van der Waals surface area contributed by atoms with Crippen LogP contribution in [0.2, 0.25) is 0 Å². The second-order valence-electron chi connectivity index (χ2n) is 10.4. The maximum atomic E-state index is 5.72. The Balaban J connectivity index is 0.000000206. The largest absolute Gasteiger partial charge is 0.497 e. The summed E-state index contributed by atoms with van der Waals surface area (Å²) in [7, 11) is 1.68. The summed E-state index contributed by atoms with van der Waals surface area (Å²) in [6.07, 6.45) is 13.0. The zero-order valence-corrected chi connectivity index (χ0v) is 23.5. The van der Waals surface area contributed by atoms with Crippen molar-refractivity contribution in [1.82, 2.24) is 9.80 Å². The highest BCUT2D eigenvalue weighted by molar-refractivity contribution is 5.31. The van der Waals surface area contributed by atoms with Crippen LogP contribution in [0.3, 0.4) is 0 Å². The molecule has 37 heavy (non-hydrogen) atoms. The molecule has 0 aromatic heterocycles. The Labute approximate surface area is 226 Å². The molecule has 2 heterocycles. The molecule has 0 atom stereocenters. The number of benzene rings is 2. The van der Waals surface area contributed by atoms with Crippen molar-refractivity contribution < 1.29 is 14.2 Å². The Hall–Kier alpha value is -2.24. The Morgan fingerprint density at radius 1 is 0.541 bits per heavy atom. The molecule has 206 valence electrons. The normalized spacial score (nSPS) is 15.8. The van der Waals surface area contributed by atoms with E-state index in [1.165, 1.54) is 103 Å². The van der Waals surface area contributed by atoms with E-state index in [0.717, 1.165) is 36.9 Å². The van der Waals surface area contributed by atoms with E-state index < -0.39 is 0 Å². The first kappa shape index (κ1) is 29.3. The van der Waals surface area contributed by atoms with Crippen LogP contribution in [0, 0.1) is 6.92 Å². The van der Waals surface area contributed by atoms with Gasteiger partial charge in [0, 0.05) is 0 Å². The minimum absolute atomic E-state index is 0.812. The molecule has 4 rings (SSSR count). The van der Waals surface area contributed by atoms with E-state index in [0.29, 0.717) is 0 Å². The van der Waals surface area contributed by atoms with Crippen LogP contribution in [-0.4, -0.2) is 69.4 Å². The number of ether oxygens (including phenoxy) is 3. The smallest absolute Gasteiger partial charge is 0.119 e. The molecule has 2 aliphatic rings. The van der Waals surface area contributed by atoms with Crippen LogP contribution in [-0.2, 0) is 0 Å². The van der Waals surface area contributed by atoms with E-state index in [1.54, 1.807) is 7.11 Å². The number of nitrogens with zero attached hydrogens (tertiary/aromatic N) is 2. The lowest BCUT2D eigenvalue weighted by molar-refractivity contribution is 0.290. The van der Waals surface area contributed by atoms with Gasteiger partial charge < -0.3 is 24.0 Å². The van der Waals surface area contributed by atoms with Gasteiger partial charge in [-0.3, -0.25) is 0 Å². The van der Waals surface area contributed by atoms with E-state index in [-0.39, 0.29) is 0 Å². The van der Waals surface area contributed by atoms with Gasteiger partial charge in [0.2, 0.25) is 0 Å². The molecule has 0 spiro atoms. The first-order chi connectivity index (χ1) is 18.2. The molecule has 2 aromatic rings. The Bertz CT molecular complexity index is 813. The van der Waals surface area contributed by atoms with Gasteiger partial charge in [-0.15, -0.1) is 0 Å². The third kappa shape index (κ3) is 12.7. The quantitative estimate of drug-likeness (QED) is 0.242. The molecule has 0 saturated carbocycles. The predicted molar refractivity (Wildman–Crippen MR) is 154 cm³/mol. The van der Waals surface area contributed by atoms with Gasteiger partial charge in [-0.05, 0) is 147 Å². The Morgan fingerprint density at radius 2 is 0.946 bits per heavy atom. The molecule has 0 amide bonds. The summed E-state index contributed by atoms with van der Waals surface area (Å²) >= 11 is 0. The summed E-state index contributed by atoms with van der Waals surface area (Å²) in [5.41, 5.74) is 1.29. The lowest BCUT2D eigenvalue weighted by Gasteiger charge is -2.13. The second kappa shape index (κ2) is 18.1. The molecule has 0 radical (unpaired) electrons. The molecule has 5 nitrogen and oxygen atoms in total. The Morgan fingerprint density at radius 3 is 1.38 bits per heavy atom. The first-order valence-electron chi connectivity index (χ1n) is 14.6. The highest BCUT2D eigenvalue weighted by Gasteiger charge is 2.10. The molecule has 5 heteroatoms. The maximum absolute atomic E-state index is 5.72. The van der Waals surface area contributed by atoms with Gasteiger partial charge in [0.05, 0.1) is 20.3 Å². The highest BCUT2D eigenvalue weighted by atomic mass is 16.5. The van der Waals surface area contributed by atoms with Gasteiger partial charge in [0.15, 0.2) is 0 Å². The van der Waals surface area contributed by atoms with Crippen LogP contribution in [0.1, 0.15) is 69.8 Å². The number of hydrogen-bond donors (Lipinski definition) is 0. The van der Waals surface area contributed by atoms with Crippen LogP contribution in [0.4, 0.5) is 0 Å². The van der Waals surface area contributed by atoms with Crippen LogP contribution in [0.5, 0.6) is 17.2 Å². The number of methoxy groups -OCH3 is 1. The second-order valence-corrected chi connectivity index (χ2v) is 10.4. The molecular formula is C32H50N2O3. The average Bonchev–Trinajstić information content (AvgIpc) is 3.65. The lowest BCUT2D eigenvalue weighted by atomic mass is 10.2. The molecule has 0 aliphatic carbocycles. The minimum Gasteiger partial charge on any atom is -0.497 e. The molecule has 2 aromatic carbocycles. The van der Waals surface area contributed by atoms with Crippen molar-refractivity contribution in [3.05, 3.63) is 54.1 Å². The summed E-state index contributed by atoms with van der Waals surface area (Å²) in [5.74, 6) is 2.80. The van der Waals surface area contributed by atoms with Crippen molar-refractivity contribution in [2.45, 2.75) is 71.1 Å². The third-order valence-corrected chi connectivity index (χ3v) is 7.25. The fourth-order valence-corrected chi connectivity index (χ4v) is 4.93. The SMILES string of the molecule is COc1ccc(OCCCCCN2CCCC2)cc1.Cc1ccc(OCCCCCN2CCCC2)cc1. The van der Waals surface area contributed by atoms with E-state index >= 15 is 0 Å². The zero-order valence-electron chi connectivity index (χ0n) is 23.5. The van der Waals surface area contributed by atoms with Crippen LogP contribution < -0.4 is 14.2 Å². The number of unbranched alkanes of at least 4 members (excludes halogenated alkanes) is 4. The van der Waals surface area contributed by atoms with Crippen molar-refractivity contribution in [3.63, 3.8) is 0 Å². The third-order valence-electron chi connectivity index (χ3n) is 7.25. The van der Waals surface area contributed by atoms with Gasteiger partial charge in [0.1, 0.15) is 17.2 Å². The first-order valence-corrected chi connectivity index (χ1v) is 14.6. The number of hydrogen-bond acceptors (Lipinski definition) is 5. The average molecular weight is 511 g/mol. The highest BCUT2D eigenvalue weighted by Crippen LogP contribution is 2.17. The standard InChI is InChI=1S/C16H25NO2.C16H25NO/c1-18-15-7-9-16(10-8-15)19-14-6-2-3-11-17-12-4-5-13-17;1-15-7-9-16(10-8-15)18-14-6-2-3-11-17-12-4-5-13-17/h7-10H,2-6,11-14H2,1H3;7-10H,2-6,11-14H2,1H3. The van der Waals surface area contributed by atoms with Crippen molar-refractivity contribution in [1.29, 1.82) is 0 Å². The van der Waals surface area contributed by atoms with Crippen molar-refractivity contribution >= 4 is 0 Å². The van der Waals surface area contributed by atoms with Gasteiger partial charge in [-0.25, -0.2) is 0 Å². The van der Waals surface area contributed by atoms with Crippen LogP contribution >= 0.6 is 0 Å². The lowest BCUT2D eigenvalue weighted by Crippen LogP contribution is -2.20.